The summed E-state index contributed by atoms with van der Waals surface area (Å²) in [5.74, 6) is 5.67. The molecule has 2 aliphatic heterocycles. The van der Waals surface area contributed by atoms with Crippen LogP contribution in [0, 0.1) is 0 Å². The number of hydrazine groups is 1. The van der Waals surface area contributed by atoms with Gasteiger partial charge in [0.2, 0.25) is 0 Å². The van der Waals surface area contributed by atoms with Crippen LogP contribution in [0.25, 0.3) is 0 Å². The molecule has 2 aliphatic rings. The highest BCUT2D eigenvalue weighted by molar-refractivity contribution is 4.91. The SMILES string of the molecule is CC1(C(CCCC2CCCO2)NN)CCCO1. The molecule has 4 heteroatoms. The number of hydrogen-bond donors (Lipinski definition) is 2. The maximum absolute atomic E-state index is 5.84. The normalized spacial score (nSPS) is 35.3. The van der Waals surface area contributed by atoms with Gasteiger partial charge in [-0.2, -0.15) is 0 Å². The second-order valence-corrected chi connectivity index (χ2v) is 5.55. The molecule has 2 rings (SSSR count). The summed E-state index contributed by atoms with van der Waals surface area (Å²) in [6, 6.07) is 0.270. The van der Waals surface area contributed by atoms with Crippen LogP contribution in [0.1, 0.15) is 51.9 Å². The molecular formula is C13H26N2O2. The largest absolute Gasteiger partial charge is 0.378 e. The highest BCUT2D eigenvalue weighted by atomic mass is 16.5. The number of nitrogens with one attached hydrogen (secondary N) is 1. The lowest BCUT2D eigenvalue weighted by Gasteiger charge is -2.33. The first-order chi connectivity index (χ1) is 8.24. The molecule has 3 unspecified atom stereocenters. The van der Waals surface area contributed by atoms with Gasteiger partial charge in [0.25, 0.3) is 0 Å². The quantitative estimate of drug-likeness (QED) is 0.550. The molecule has 3 atom stereocenters. The van der Waals surface area contributed by atoms with E-state index in [2.05, 4.69) is 12.3 Å². The van der Waals surface area contributed by atoms with E-state index in [1.165, 1.54) is 19.3 Å². The van der Waals surface area contributed by atoms with Gasteiger partial charge in [-0.05, 0) is 51.9 Å². The van der Waals surface area contributed by atoms with E-state index in [0.29, 0.717) is 6.10 Å². The van der Waals surface area contributed by atoms with E-state index in [0.717, 1.165) is 38.9 Å². The second kappa shape index (κ2) is 6.14. The average Bonchev–Trinajstić information content (AvgIpc) is 2.96. The van der Waals surface area contributed by atoms with Crippen molar-refractivity contribution in [3.8, 4) is 0 Å². The average molecular weight is 242 g/mol. The summed E-state index contributed by atoms with van der Waals surface area (Å²) in [6.45, 7) is 4.00. The van der Waals surface area contributed by atoms with Crippen molar-refractivity contribution in [1.82, 2.24) is 5.43 Å². The first-order valence-corrected chi connectivity index (χ1v) is 6.96. The Labute approximate surface area is 104 Å². The smallest absolute Gasteiger partial charge is 0.0821 e. The minimum absolute atomic E-state index is 0.0642. The van der Waals surface area contributed by atoms with E-state index in [1.807, 2.05) is 0 Å². The van der Waals surface area contributed by atoms with Crippen molar-refractivity contribution >= 4 is 0 Å². The van der Waals surface area contributed by atoms with Crippen LogP contribution in [0.4, 0.5) is 0 Å². The molecule has 0 aromatic carbocycles. The zero-order valence-electron chi connectivity index (χ0n) is 10.9. The van der Waals surface area contributed by atoms with Crippen molar-refractivity contribution in [3.05, 3.63) is 0 Å². The molecule has 4 nitrogen and oxygen atoms in total. The van der Waals surface area contributed by atoms with Crippen LogP contribution in [-0.4, -0.2) is 31.0 Å². The number of rotatable bonds is 6. The lowest BCUT2D eigenvalue weighted by Crippen LogP contribution is -2.51. The molecule has 0 radical (unpaired) electrons. The fourth-order valence-corrected chi connectivity index (χ4v) is 3.06. The fourth-order valence-electron chi connectivity index (χ4n) is 3.06. The Balaban J connectivity index is 1.71. The summed E-state index contributed by atoms with van der Waals surface area (Å²) >= 11 is 0. The molecule has 3 N–H and O–H groups in total. The van der Waals surface area contributed by atoms with Crippen LogP contribution in [0.3, 0.4) is 0 Å². The summed E-state index contributed by atoms with van der Waals surface area (Å²) in [7, 11) is 0. The van der Waals surface area contributed by atoms with E-state index in [4.69, 9.17) is 15.3 Å². The summed E-state index contributed by atoms with van der Waals surface area (Å²) in [6.07, 6.45) is 8.62. The fraction of sp³-hybridized carbons (Fsp3) is 1.00. The van der Waals surface area contributed by atoms with Gasteiger partial charge in [0.15, 0.2) is 0 Å². The summed E-state index contributed by atoms with van der Waals surface area (Å²) < 4.78 is 11.5. The molecule has 2 fully saturated rings. The van der Waals surface area contributed by atoms with Gasteiger partial charge in [-0.25, -0.2) is 0 Å². The van der Waals surface area contributed by atoms with Crippen molar-refractivity contribution in [2.75, 3.05) is 13.2 Å². The van der Waals surface area contributed by atoms with Crippen molar-refractivity contribution in [2.24, 2.45) is 5.84 Å². The topological polar surface area (TPSA) is 56.5 Å². The molecule has 0 spiro atoms. The molecule has 2 heterocycles. The molecule has 0 bridgehead atoms. The van der Waals surface area contributed by atoms with Gasteiger partial charge in [-0.15, -0.1) is 0 Å². The predicted octanol–water partition coefficient (Wildman–Crippen LogP) is 1.74. The van der Waals surface area contributed by atoms with Crippen molar-refractivity contribution < 1.29 is 9.47 Å². The van der Waals surface area contributed by atoms with Crippen LogP contribution in [0.15, 0.2) is 0 Å². The maximum atomic E-state index is 5.84. The molecule has 0 amide bonds. The Kier molecular flexibility index (Phi) is 4.79. The Morgan fingerprint density at radius 1 is 1.41 bits per heavy atom. The molecule has 17 heavy (non-hydrogen) atoms. The van der Waals surface area contributed by atoms with Gasteiger partial charge >= 0.3 is 0 Å². The third-order valence-electron chi connectivity index (χ3n) is 4.23. The number of hydrogen-bond acceptors (Lipinski definition) is 4. The number of ether oxygens (including phenoxy) is 2. The standard InChI is InChI=1S/C13H26N2O2/c1-13(8-4-10-17-13)12(15-14)7-2-5-11-6-3-9-16-11/h11-12,15H,2-10,14H2,1H3. The van der Waals surface area contributed by atoms with E-state index >= 15 is 0 Å². The molecule has 2 saturated heterocycles. The minimum atomic E-state index is -0.0642. The van der Waals surface area contributed by atoms with Crippen molar-refractivity contribution in [3.63, 3.8) is 0 Å². The van der Waals surface area contributed by atoms with E-state index < -0.39 is 0 Å². The molecule has 0 saturated carbocycles. The zero-order valence-corrected chi connectivity index (χ0v) is 10.9. The van der Waals surface area contributed by atoms with Gasteiger partial charge < -0.3 is 9.47 Å². The van der Waals surface area contributed by atoms with Crippen LogP contribution >= 0.6 is 0 Å². The lowest BCUT2D eigenvalue weighted by molar-refractivity contribution is -0.0155. The maximum Gasteiger partial charge on any atom is 0.0821 e. The van der Waals surface area contributed by atoms with Crippen molar-refractivity contribution in [2.45, 2.75) is 69.6 Å². The first-order valence-electron chi connectivity index (χ1n) is 6.96. The van der Waals surface area contributed by atoms with Crippen LogP contribution in [0.2, 0.25) is 0 Å². The first kappa shape index (κ1) is 13.3. The third kappa shape index (κ3) is 3.41. The zero-order chi connectivity index (χ0) is 12.1. The number of nitrogens with two attached hydrogens (primary N) is 1. The molecule has 0 aliphatic carbocycles. The summed E-state index contributed by atoms with van der Waals surface area (Å²) in [5, 5.41) is 0. The molecule has 0 aromatic heterocycles. The van der Waals surface area contributed by atoms with Gasteiger partial charge in [0.05, 0.1) is 11.7 Å². The van der Waals surface area contributed by atoms with Crippen LogP contribution in [0.5, 0.6) is 0 Å². The van der Waals surface area contributed by atoms with E-state index in [-0.39, 0.29) is 11.6 Å². The summed E-state index contributed by atoms with van der Waals surface area (Å²) in [4.78, 5) is 0. The van der Waals surface area contributed by atoms with Gasteiger partial charge in [0, 0.05) is 19.3 Å². The second-order valence-electron chi connectivity index (χ2n) is 5.55. The highest BCUT2D eigenvalue weighted by Crippen LogP contribution is 2.31. The van der Waals surface area contributed by atoms with Gasteiger partial charge in [-0.1, -0.05) is 0 Å². The highest BCUT2D eigenvalue weighted by Gasteiger charge is 2.37. The Morgan fingerprint density at radius 2 is 2.29 bits per heavy atom. The Morgan fingerprint density at radius 3 is 2.88 bits per heavy atom. The molecular weight excluding hydrogens is 216 g/mol. The monoisotopic (exact) mass is 242 g/mol. The lowest BCUT2D eigenvalue weighted by atomic mass is 9.89. The van der Waals surface area contributed by atoms with Crippen LogP contribution < -0.4 is 11.3 Å². The van der Waals surface area contributed by atoms with Gasteiger partial charge in [-0.3, -0.25) is 11.3 Å². The minimum Gasteiger partial charge on any atom is -0.378 e. The van der Waals surface area contributed by atoms with Crippen molar-refractivity contribution in [1.29, 1.82) is 0 Å². The molecule has 100 valence electrons. The van der Waals surface area contributed by atoms with E-state index in [1.54, 1.807) is 0 Å². The van der Waals surface area contributed by atoms with E-state index in [9.17, 15) is 0 Å². The predicted molar refractivity (Wildman–Crippen MR) is 67.5 cm³/mol. The third-order valence-corrected chi connectivity index (χ3v) is 4.23. The Hall–Kier alpha value is -0.160. The molecule has 0 aromatic rings. The summed E-state index contributed by atoms with van der Waals surface area (Å²) in [5.41, 5.74) is 2.88. The Bertz CT molecular complexity index is 223. The van der Waals surface area contributed by atoms with Gasteiger partial charge in [0.1, 0.15) is 0 Å². The van der Waals surface area contributed by atoms with Crippen LogP contribution in [-0.2, 0) is 9.47 Å².